The van der Waals surface area contributed by atoms with Gasteiger partial charge in [0.1, 0.15) is 6.04 Å². The van der Waals surface area contributed by atoms with Crippen LogP contribution in [0.2, 0.25) is 0 Å². The lowest BCUT2D eigenvalue weighted by atomic mass is 9.89. The van der Waals surface area contributed by atoms with Crippen LogP contribution in [-0.2, 0) is 9.53 Å². The number of esters is 1. The van der Waals surface area contributed by atoms with Crippen LogP contribution in [0.25, 0.3) is 0 Å². The summed E-state index contributed by atoms with van der Waals surface area (Å²) in [6.07, 6.45) is 7.59. The third-order valence-corrected chi connectivity index (χ3v) is 4.28. The number of carbonyl (C=O) groups is 1. The summed E-state index contributed by atoms with van der Waals surface area (Å²) in [6.45, 7) is 3.41. The lowest BCUT2D eigenvalue weighted by Crippen LogP contribution is -2.58. The molecule has 92 valence electrons. The van der Waals surface area contributed by atoms with Gasteiger partial charge in [0.15, 0.2) is 0 Å². The van der Waals surface area contributed by atoms with Gasteiger partial charge in [-0.1, -0.05) is 26.2 Å². The van der Waals surface area contributed by atoms with Gasteiger partial charge in [-0.25, -0.2) is 0 Å². The molecule has 3 unspecified atom stereocenters. The van der Waals surface area contributed by atoms with Crippen molar-refractivity contribution in [2.45, 2.75) is 57.5 Å². The van der Waals surface area contributed by atoms with Crippen molar-refractivity contribution < 1.29 is 9.53 Å². The van der Waals surface area contributed by atoms with Crippen molar-refractivity contribution in [3.8, 4) is 0 Å². The summed E-state index contributed by atoms with van der Waals surface area (Å²) in [5, 5.41) is 0. The van der Waals surface area contributed by atoms with Gasteiger partial charge in [0.25, 0.3) is 0 Å². The average Bonchev–Trinajstić information content (AvgIpc) is 2.43. The Morgan fingerprint density at radius 2 is 1.94 bits per heavy atom. The van der Waals surface area contributed by atoms with Crippen LogP contribution in [-0.4, -0.2) is 36.6 Å². The Morgan fingerprint density at radius 1 is 1.19 bits per heavy atom. The number of hydrogen-bond donors (Lipinski definition) is 0. The molecular weight excluding hydrogens is 202 g/mol. The highest BCUT2D eigenvalue weighted by Gasteiger charge is 2.41. The van der Waals surface area contributed by atoms with E-state index in [0.717, 1.165) is 18.9 Å². The first-order valence-electron chi connectivity index (χ1n) is 6.57. The van der Waals surface area contributed by atoms with Crippen molar-refractivity contribution >= 4 is 5.97 Å². The SMILES string of the molecule is COC(=O)C1CCN1C1CCCCCC1C. The fourth-order valence-corrected chi connectivity index (χ4v) is 3.16. The minimum atomic E-state index is -0.0392. The van der Waals surface area contributed by atoms with Gasteiger partial charge in [0.05, 0.1) is 7.11 Å². The molecule has 1 heterocycles. The molecule has 1 saturated carbocycles. The predicted molar refractivity (Wildman–Crippen MR) is 63.2 cm³/mol. The third-order valence-electron chi connectivity index (χ3n) is 4.28. The van der Waals surface area contributed by atoms with Gasteiger partial charge < -0.3 is 4.74 Å². The topological polar surface area (TPSA) is 29.5 Å². The lowest BCUT2D eigenvalue weighted by molar-refractivity contribution is -0.155. The van der Waals surface area contributed by atoms with Gasteiger partial charge in [-0.2, -0.15) is 0 Å². The van der Waals surface area contributed by atoms with Crippen LogP contribution in [0.4, 0.5) is 0 Å². The summed E-state index contributed by atoms with van der Waals surface area (Å²) in [5.74, 6) is 0.692. The van der Waals surface area contributed by atoms with E-state index in [1.807, 2.05) is 0 Å². The lowest BCUT2D eigenvalue weighted by Gasteiger charge is -2.46. The van der Waals surface area contributed by atoms with E-state index in [-0.39, 0.29) is 12.0 Å². The van der Waals surface area contributed by atoms with Gasteiger partial charge in [-0.15, -0.1) is 0 Å². The van der Waals surface area contributed by atoms with E-state index in [9.17, 15) is 4.79 Å². The van der Waals surface area contributed by atoms with Crippen LogP contribution in [0, 0.1) is 5.92 Å². The van der Waals surface area contributed by atoms with Crippen LogP contribution >= 0.6 is 0 Å². The first-order chi connectivity index (χ1) is 7.74. The third kappa shape index (κ3) is 2.24. The van der Waals surface area contributed by atoms with Crippen molar-refractivity contribution in [3.05, 3.63) is 0 Å². The molecule has 0 amide bonds. The maximum atomic E-state index is 11.6. The number of carbonyl (C=O) groups excluding carboxylic acids is 1. The standard InChI is InChI=1S/C13H23NO2/c1-10-6-4-3-5-7-11(10)14-9-8-12(14)13(15)16-2/h10-12H,3-9H2,1-2H3. The monoisotopic (exact) mass is 225 g/mol. The summed E-state index contributed by atoms with van der Waals surface area (Å²) in [5.41, 5.74) is 0. The molecule has 0 aromatic heterocycles. The molecule has 1 aliphatic carbocycles. The molecular formula is C13H23NO2. The second-order valence-electron chi connectivity index (χ2n) is 5.25. The second kappa shape index (κ2) is 5.17. The van der Waals surface area contributed by atoms with Crippen molar-refractivity contribution in [1.82, 2.24) is 4.90 Å². The normalized spacial score (nSPS) is 36.2. The number of hydrogen-bond acceptors (Lipinski definition) is 3. The molecule has 3 atom stereocenters. The Labute approximate surface area is 98.1 Å². The highest BCUT2D eigenvalue weighted by molar-refractivity contribution is 5.76. The van der Waals surface area contributed by atoms with Gasteiger partial charge in [-0.05, 0) is 25.2 Å². The maximum absolute atomic E-state index is 11.6. The van der Waals surface area contributed by atoms with Crippen LogP contribution in [0.5, 0.6) is 0 Å². The molecule has 1 aliphatic heterocycles. The van der Waals surface area contributed by atoms with Crippen molar-refractivity contribution in [3.63, 3.8) is 0 Å². The molecule has 2 rings (SSSR count). The zero-order valence-corrected chi connectivity index (χ0v) is 10.4. The summed E-state index contributed by atoms with van der Waals surface area (Å²) in [6, 6.07) is 0.663. The molecule has 0 aromatic rings. The molecule has 0 N–H and O–H groups in total. The first kappa shape index (κ1) is 11.9. The van der Waals surface area contributed by atoms with E-state index < -0.39 is 0 Å². The van der Waals surface area contributed by atoms with Gasteiger partial charge >= 0.3 is 5.97 Å². The Morgan fingerprint density at radius 3 is 2.56 bits per heavy atom. The number of nitrogens with zero attached hydrogens (tertiary/aromatic N) is 1. The molecule has 3 nitrogen and oxygen atoms in total. The minimum Gasteiger partial charge on any atom is -0.468 e. The van der Waals surface area contributed by atoms with Crippen molar-refractivity contribution in [2.24, 2.45) is 5.92 Å². The highest BCUT2D eigenvalue weighted by atomic mass is 16.5. The van der Waals surface area contributed by atoms with E-state index in [0.29, 0.717) is 6.04 Å². The minimum absolute atomic E-state index is 0.0392. The molecule has 3 heteroatoms. The number of methoxy groups -OCH3 is 1. The van der Waals surface area contributed by atoms with E-state index in [4.69, 9.17) is 4.74 Å². The fourth-order valence-electron chi connectivity index (χ4n) is 3.16. The largest absolute Gasteiger partial charge is 0.468 e. The maximum Gasteiger partial charge on any atom is 0.323 e. The number of likely N-dealkylation sites (tertiary alicyclic amines) is 1. The Bertz CT molecular complexity index is 254. The van der Waals surface area contributed by atoms with Crippen LogP contribution < -0.4 is 0 Å². The summed E-state index contributed by atoms with van der Waals surface area (Å²) >= 11 is 0. The first-order valence-corrected chi connectivity index (χ1v) is 6.57. The van der Waals surface area contributed by atoms with Crippen molar-refractivity contribution in [2.75, 3.05) is 13.7 Å². The van der Waals surface area contributed by atoms with E-state index in [2.05, 4.69) is 11.8 Å². The summed E-state index contributed by atoms with van der Waals surface area (Å²) in [7, 11) is 1.50. The van der Waals surface area contributed by atoms with Crippen LogP contribution in [0.15, 0.2) is 0 Å². The number of rotatable bonds is 2. The molecule has 0 bridgehead atoms. The van der Waals surface area contributed by atoms with Gasteiger partial charge in [-0.3, -0.25) is 9.69 Å². The smallest absolute Gasteiger partial charge is 0.323 e. The van der Waals surface area contributed by atoms with E-state index in [1.165, 1.54) is 39.2 Å². The van der Waals surface area contributed by atoms with Crippen molar-refractivity contribution in [1.29, 1.82) is 0 Å². The Balaban J connectivity index is 1.97. The quantitative estimate of drug-likeness (QED) is 0.533. The van der Waals surface area contributed by atoms with Crippen LogP contribution in [0.1, 0.15) is 45.4 Å². The predicted octanol–water partition coefficient (Wildman–Crippen LogP) is 2.20. The average molecular weight is 225 g/mol. The molecule has 1 saturated heterocycles. The highest BCUT2D eigenvalue weighted by Crippen LogP contribution is 2.33. The molecule has 2 fully saturated rings. The zero-order chi connectivity index (χ0) is 11.5. The summed E-state index contributed by atoms with van der Waals surface area (Å²) < 4.78 is 4.86. The number of ether oxygens (including phenoxy) is 1. The summed E-state index contributed by atoms with van der Waals surface area (Å²) in [4.78, 5) is 14.0. The Hall–Kier alpha value is -0.570. The van der Waals surface area contributed by atoms with Gasteiger partial charge in [0, 0.05) is 12.6 Å². The molecule has 16 heavy (non-hydrogen) atoms. The zero-order valence-electron chi connectivity index (χ0n) is 10.4. The molecule has 0 spiro atoms. The fraction of sp³-hybridized carbons (Fsp3) is 0.923. The Kier molecular flexibility index (Phi) is 3.85. The van der Waals surface area contributed by atoms with Gasteiger partial charge in [0.2, 0.25) is 0 Å². The second-order valence-corrected chi connectivity index (χ2v) is 5.25. The molecule has 0 radical (unpaired) electrons. The molecule has 2 aliphatic rings. The molecule has 0 aromatic carbocycles. The van der Waals surface area contributed by atoms with E-state index >= 15 is 0 Å². The van der Waals surface area contributed by atoms with E-state index in [1.54, 1.807) is 0 Å². The van der Waals surface area contributed by atoms with Crippen LogP contribution in [0.3, 0.4) is 0 Å².